The summed E-state index contributed by atoms with van der Waals surface area (Å²) >= 11 is 0. The highest BCUT2D eigenvalue weighted by Crippen LogP contribution is 2.31. The maximum atomic E-state index is 12.5. The van der Waals surface area contributed by atoms with E-state index >= 15 is 0 Å². The predicted octanol–water partition coefficient (Wildman–Crippen LogP) is 3.34. The van der Waals surface area contributed by atoms with Crippen LogP contribution in [-0.4, -0.2) is 11.0 Å². The minimum Gasteiger partial charge on any atom is -0.439 e. The van der Waals surface area contributed by atoms with E-state index in [2.05, 4.69) is 10.3 Å². The molecular weight excluding hydrogens is 245 g/mol. The first-order valence-corrected chi connectivity index (χ1v) is 5.56. The van der Waals surface area contributed by atoms with Crippen LogP contribution in [0.2, 0.25) is 0 Å². The Labute approximate surface area is 102 Å². The van der Waals surface area contributed by atoms with Crippen molar-refractivity contribution in [2.45, 2.75) is 32.6 Å². The fourth-order valence-electron chi connectivity index (χ4n) is 1.52. The largest absolute Gasteiger partial charge is 0.439 e. The molecule has 0 fully saturated rings. The van der Waals surface area contributed by atoms with Gasteiger partial charge in [-0.1, -0.05) is 13.8 Å². The third-order valence-electron chi connectivity index (χ3n) is 2.42. The van der Waals surface area contributed by atoms with Crippen LogP contribution < -0.4 is 5.32 Å². The number of rotatable bonds is 3. The van der Waals surface area contributed by atoms with Gasteiger partial charge >= 0.3 is 6.18 Å². The summed E-state index contributed by atoms with van der Waals surface area (Å²) in [5.74, 6) is 0.387. The van der Waals surface area contributed by atoms with Gasteiger partial charge < -0.3 is 9.73 Å². The first-order valence-electron chi connectivity index (χ1n) is 5.56. The van der Waals surface area contributed by atoms with Crippen molar-refractivity contribution >= 4 is 11.1 Å². The molecule has 0 unspecified atom stereocenters. The zero-order valence-electron chi connectivity index (χ0n) is 10.0. The van der Waals surface area contributed by atoms with Gasteiger partial charge in [0.25, 0.3) is 0 Å². The lowest BCUT2D eigenvalue weighted by molar-refractivity contribution is -0.137. The summed E-state index contributed by atoms with van der Waals surface area (Å²) in [7, 11) is 0. The van der Waals surface area contributed by atoms with E-state index < -0.39 is 11.7 Å². The zero-order valence-corrected chi connectivity index (χ0v) is 10.0. The number of aromatic nitrogens is 1. The fraction of sp³-hybridized carbons (Fsp3) is 0.417. The molecule has 0 spiro atoms. The molecule has 1 heterocycles. The van der Waals surface area contributed by atoms with Gasteiger partial charge in [0.05, 0.1) is 12.1 Å². The summed E-state index contributed by atoms with van der Waals surface area (Å²) in [5.41, 5.74) is -0.124. The number of nitrogens with one attached hydrogen (secondary N) is 1. The van der Waals surface area contributed by atoms with Gasteiger partial charge in [-0.3, -0.25) is 0 Å². The van der Waals surface area contributed by atoms with Gasteiger partial charge in [-0.05, 0) is 18.2 Å². The Hall–Kier alpha value is -1.56. The second-order valence-electron chi connectivity index (χ2n) is 4.32. The maximum Gasteiger partial charge on any atom is 0.416 e. The molecule has 1 N–H and O–H groups in total. The van der Waals surface area contributed by atoms with E-state index in [0.29, 0.717) is 18.0 Å². The molecule has 6 heteroatoms. The van der Waals surface area contributed by atoms with Crippen LogP contribution in [0.3, 0.4) is 0 Å². The molecule has 0 bridgehead atoms. The van der Waals surface area contributed by atoms with Crippen molar-refractivity contribution in [1.82, 2.24) is 10.3 Å². The Kier molecular flexibility index (Phi) is 3.30. The monoisotopic (exact) mass is 258 g/mol. The summed E-state index contributed by atoms with van der Waals surface area (Å²) in [5, 5.41) is 3.09. The second kappa shape index (κ2) is 4.61. The third kappa shape index (κ3) is 2.81. The average molecular weight is 258 g/mol. The minimum absolute atomic E-state index is 0.227. The number of oxazole rings is 1. The Morgan fingerprint density at radius 2 is 2.06 bits per heavy atom. The Bertz CT molecular complexity index is 546. The van der Waals surface area contributed by atoms with E-state index in [1.165, 1.54) is 6.07 Å². The van der Waals surface area contributed by atoms with Crippen LogP contribution >= 0.6 is 0 Å². The van der Waals surface area contributed by atoms with Gasteiger partial charge in [0.1, 0.15) is 5.52 Å². The number of nitrogens with zero attached hydrogens (tertiary/aromatic N) is 1. The minimum atomic E-state index is -4.36. The van der Waals surface area contributed by atoms with Crippen LogP contribution in [0.1, 0.15) is 25.3 Å². The summed E-state index contributed by atoms with van der Waals surface area (Å²) in [6, 6.07) is 3.54. The number of benzene rings is 1. The van der Waals surface area contributed by atoms with Gasteiger partial charge in [-0.25, -0.2) is 4.98 Å². The summed E-state index contributed by atoms with van der Waals surface area (Å²) in [6.07, 6.45) is -4.36. The molecule has 2 rings (SSSR count). The van der Waals surface area contributed by atoms with Crippen molar-refractivity contribution in [3.63, 3.8) is 0 Å². The Balaban J connectivity index is 2.28. The number of fused-ring (bicyclic) bond motifs is 1. The highest BCUT2D eigenvalue weighted by atomic mass is 19.4. The molecule has 18 heavy (non-hydrogen) atoms. The van der Waals surface area contributed by atoms with Crippen LogP contribution in [0, 0.1) is 0 Å². The van der Waals surface area contributed by atoms with E-state index in [1.54, 1.807) is 0 Å². The standard InChI is InChI=1S/C12H13F3N2O/c1-7(2)16-6-11-17-9-5-8(12(13,14)15)3-4-10(9)18-11/h3-5,7,16H,6H2,1-2H3. The van der Waals surface area contributed by atoms with E-state index in [0.717, 1.165) is 12.1 Å². The molecular formula is C12H13F3N2O. The maximum absolute atomic E-state index is 12.5. The normalized spacial score (nSPS) is 12.6. The van der Waals surface area contributed by atoms with Crippen LogP contribution in [0.25, 0.3) is 11.1 Å². The molecule has 0 atom stereocenters. The summed E-state index contributed by atoms with van der Waals surface area (Å²) < 4.78 is 42.9. The second-order valence-corrected chi connectivity index (χ2v) is 4.32. The SMILES string of the molecule is CC(C)NCc1nc2cc(C(F)(F)F)ccc2o1. The van der Waals surface area contributed by atoms with Crippen molar-refractivity contribution in [2.24, 2.45) is 0 Å². The topological polar surface area (TPSA) is 38.1 Å². The van der Waals surface area contributed by atoms with Crippen molar-refractivity contribution < 1.29 is 17.6 Å². The fourth-order valence-corrected chi connectivity index (χ4v) is 1.52. The Morgan fingerprint density at radius 3 is 2.67 bits per heavy atom. The van der Waals surface area contributed by atoms with Gasteiger partial charge in [0, 0.05) is 6.04 Å². The van der Waals surface area contributed by atoms with Crippen LogP contribution in [0.5, 0.6) is 0 Å². The first kappa shape index (κ1) is 12.9. The van der Waals surface area contributed by atoms with E-state index in [1.807, 2.05) is 13.8 Å². The zero-order chi connectivity index (χ0) is 13.3. The molecule has 3 nitrogen and oxygen atoms in total. The average Bonchev–Trinajstić information content (AvgIpc) is 2.66. The molecule has 1 aromatic heterocycles. The van der Waals surface area contributed by atoms with E-state index in [-0.39, 0.29) is 11.6 Å². The smallest absolute Gasteiger partial charge is 0.416 e. The first-order chi connectivity index (χ1) is 8.36. The molecule has 0 aliphatic rings. The number of hydrogen-bond acceptors (Lipinski definition) is 3. The van der Waals surface area contributed by atoms with Crippen molar-refractivity contribution in [3.8, 4) is 0 Å². The van der Waals surface area contributed by atoms with Gasteiger partial charge in [0.15, 0.2) is 5.58 Å². The lowest BCUT2D eigenvalue weighted by Crippen LogP contribution is -2.21. The van der Waals surface area contributed by atoms with Crippen LogP contribution in [-0.2, 0) is 12.7 Å². The molecule has 0 aliphatic heterocycles. The number of alkyl halides is 3. The molecule has 0 aliphatic carbocycles. The van der Waals surface area contributed by atoms with E-state index in [4.69, 9.17) is 4.42 Å². The van der Waals surface area contributed by atoms with Crippen LogP contribution in [0.4, 0.5) is 13.2 Å². The Morgan fingerprint density at radius 1 is 1.33 bits per heavy atom. The molecule has 98 valence electrons. The predicted molar refractivity (Wildman–Crippen MR) is 61.0 cm³/mol. The van der Waals surface area contributed by atoms with Crippen molar-refractivity contribution in [2.75, 3.05) is 0 Å². The molecule has 0 saturated heterocycles. The van der Waals surface area contributed by atoms with Gasteiger partial charge in [-0.15, -0.1) is 0 Å². The molecule has 0 radical (unpaired) electrons. The summed E-state index contributed by atoms with van der Waals surface area (Å²) in [4.78, 5) is 4.03. The highest BCUT2D eigenvalue weighted by Gasteiger charge is 2.30. The summed E-state index contributed by atoms with van der Waals surface area (Å²) in [6.45, 7) is 4.32. The van der Waals surface area contributed by atoms with Crippen molar-refractivity contribution in [1.29, 1.82) is 0 Å². The molecule has 2 aromatic rings. The molecule has 0 saturated carbocycles. The quantitative estimate of drug-likeness (QED) is 0.917. The highest BCUT2D eigenvalue weighted by molar-refractivity contribution is 5.73. The third-order valence-corrected chi connectivity index (χ3v) is 2.42. The van der Waals surface area contributed by atoms with Crippen molar-refractivity contribution in [3.05, 3.63) is 29.7 Å². The lowest BCUT2D eigenvalue weighted by atomic mass is 10.2. The molecule has 1 aromatic carbocycles. The molecule has 0 amide bonds. The van der Waals surface area contributed by atoms with Gasteiger partial charge in [-0.2, -0.15) is 13.2 Å². The van der Waals surface area contributed by atoms with Gasteiger partial charge in [0.2, 0.25) is 5.89 Å². The van der Waals surface area contributed by atoms with E-state index in [9.17, 15) is 13.2 Å². The lowest BCUT2D eigenvalue weighted by Gasteiger charge is -2.04. The van der Waals surface area contributed by atoms with Crippen LogP contribution in [0.15, 0.2) is 22.6 Å². The number of halogens is 3. The number of hydrogen-bond donors (Lipinski definition) is 1.